The molecule has 28 heavy (non-hydrogen) atoms. The van der Waals surface area contributed by atoms with Crippen LogP contribution in [0.3, 0.4) is 0 Å². The maximum absolute atomic E-state index is 12.4. The highest BCUT2D eigenvalue weighted by molar-refractivity contribution is 7.13. The molecular formula is C21H15ClN4OS. The monoisotopic (exact) mass is 406 g/mol. The number of hydrogen-bond donors (Lipinski definition) is 1. The molecule has 3 aromatic heterocycles. The maximum Gasteiger partial charge on any atom is 0.256 e. The number of thiazole rings is 1. The minimum atomic E-state index is -0.196. The van der Waals surface area contributed by atoms with Gasteiger partial charge in [0.15, 0.2) is 0 Å². The first kappa shape index (κ1) is 18.3. The van der Waals surface area contributed by atoms with Crippen LogP contribution < -0.4 is 5.32 Å². The van der Waals surface area contributed by atoms with Crippen molar-refractivity contribution in [3.05, 3.63) is 82.7 Å². The third kappa shape index (κ3) is 3.78. The van der Waals surface area contributed by atoms with Crippen LogP contribution in [0.5, 0.6) is 0 Å². The minimum absolute atomic E-state index is 0.196. The van der Waals surface area contributed by atoms with Gasteiger partial charge in [0.2, 0.25) is 0 Å². The number of benzene rings is 1. The maximum atomic E-state index is 12.4. The summed E-state index contributed by atoms with van der Waals surface area (Å²) in [7, 11) is 0. The number of amides is 1. The van der Waals surface area contributed by atoms with Crippen LogP contribution >= 0.6 is 22.9 Å². The highest BCUT2D eigenvalue weighted by Crippen LogP contribution is 2.32. The van der Waals surface area contributed by atoms with Gasteiger partial charge in [0, 0.05) is 40.7 Å². The van der Waals surface area contributed by atoms with Crippen molar-refractivity contribution >= 4 is 34.5 Å². The second-order valence-corrected chi connectivity index (χ2v) is 7.41. The molecule has 4 aromatic rings. The SMILES string of the molecule is Cc1cnccc1C(=O)Nc1ccc(-c2cc(-c3nccs3)ccc2Cl)nc1. The Morgan fingerprint density at radius 3 is 2.68 bits per heavy atom. The molecule has 0 bridgehead atoms. The number of carbonyl (C=O) groups is 1. The van der Waals surface area contributed by atoms with Crippen molar-refractivity contribution in [2.45, 2.75) is 6.92 Å². The number of hydrogen-bond acceptors (Lipinski definition) is 5. The van der Waals surface area contributed by atoms with Gasteiger partial charge in [-0.1, -0.05) is 17.7 Å². The van der Waals surface area contributed by atoms with E-state index in [4.69, 9.17) is 11.6 Å². The van der Waals surface area contributed by atoms with Gasteiger partial charge < -0.3 is 5.32 Å². The van der Waals surface area contributed by atoms with Crippen molar-refractivity contribution < 1.29 is 4.79 Å². The Bertz CT molecular complexity index is 1130. The third-order valence-electron chi connectivity index (χ3n) is 4.21. The normalized spacial score (nSPS) is 10.6. The number of anilines is 1. The number of aryl methyl sites for hydroxylation is 1. The molecule has 1 aromatic carbocycles. The number of halogens is 1. The first-order chi connectivity index (χ1) is 13.6. The standard InChI is InChI=1S/C21H15ClN4OS/c1-13-11-23-7-6-16(13)20(27)26-15-3-5-19(25-12-15)17-10-14(2-4-18(17)22)21-24-8-9-28-21/h2-12H,1H3,(H,26,27). The van der Waals surface area contributed by atoms with Crippen LogP contribution in [-0.4, -0.2) is 20.9 Å². The Morgan fingerprint density at radius 2 is 1.96 bits per heavy atom. The van der Waals surface area contributed by atoms with Crippen molar-refractivity contribution in [1.29, 1.82) is 0 Å². The van der Waals surface area contributed by atoms with Gasteiger partial charge in [-0.3, -0.25) is 14.8 Å². The predicted octanol–water partition coefficient (Wildman–Crippen LogP) is 5.48. The van der Waals surface area contributed by atoms with Gasteiger partial charge in [-0.15, -0.1) is 11.3 Å². The molecule has 4 rings (SSSR count). The van der Waals surface area contributed by atoms with Gasteiger partial charge in [-0.05, 0) is 42.8 Å². The molecule has 0 aliphatic carbocycles. The van der Waals surface area contributed by atoms with Gasteiger partial charge in [0.05, 0.1) is 22.6 Å². The average molecular weight is 407 g/mol. The van der Waals surface area contributed by atoms with Crippen LogP contribution in [-0.2, 0) is 0 Å². The van der Waals surface area contributed by atoms with Gasteiger partial charge in [0.25, 0.3) is 5.91 Å². The zero-order valence-electron chi connectivity index (χ0n) is 14.9. The smallest absolute Gasteiger partial charge is 0.256 e. The molecule has 3 heterocycles. The van der Waals surface area contributed by atoms with Gasteiger partial charge in [0.1, 0.15) is 5.01 Å². The molecule has 0 radical (unpaired) electrons. The summed E-state index contributed by atoms with van der Waals surface area (Å²) in [6.07, 6.45) is 6.65. The molecule has 0 atom stereocenters. The fourth-order valence-corrected chi connectivity index (χ4v) is 3.62. The Kier molecular flexibility index (Phi) is 5.14. The van der Waals surface area contributed by atoms with E-state index in [2.05, 4.69) is 20.3 Å². The Morgan fingerprint density at radius 1 is 1.07 bits per heavy atom. The summed E-state index contributed by atoms with van der Waals surface area (Å²) in [5.74, 6) is -0.196. The molecule has 7 heteroatoms. The summed E-state index contributed by atoms with van der Waals surface area (Å²) in [4.78, 5) is 25.2. The Labute approximate surface area is 171 Å². The molecule has 5 nitrogen and oxygen atoms in total. The van der Waals surface area contributed by atoms with Crippen LogP contribution in [0.2, 0.25) is 5.02 Å². The summed E-state index contributed by atoms with van der Waals surface area (Å²) in [5, 5.41) is 6.32. The van der Waals surface area contributed by atoms with E-state index in [9.17, 15) is 4.79 Å². The zero-order valence-corrected chi connectivity index (χ0v) is 16.5. The topological polar surface area (TPSA) is 67.8 Å². The van der Waals surface area contributed by atoms with Crippen LogP contribution in [0, 0.1) is 6.92 Å². The molecule has 0 saturated heterocycles. The average Bonchev–Trinajstić information content (AvgIpc) is 3.24. The molecule has 138 valence electrons. The molecule has 0 aliphatic heterocycles. The van der Waals surface area contributed by atoms with Crippen molar-refractivity contribution in [1.82, 2.24) is 15.0 Å². The third-order valence-corrected chi connectivity index (χ3v) is 5.36. The first-order valence-electron chi connectivity index (χ1n) is 8.49. The van der Waals surface area contributed by atoms with Crippen LogP contribution in [0.25, 0.3) is 21.8 Å². The highest BCUT2D eigenvalue weighted by atomic mass is 35.5. The highest BCUT2D eigenvalue weighted by Gasteiger charge is 2.11. The largest absolute Gasteiger partial charge is 0.321 e. The summed E-state index contributed by atoms with van der Waals surface area (Å²) in [6, 6.07) is 11.1. The summed E-state index contributed by atoms with van der Waals surface area (Å²) in [6.45, 7) is 1.85. The number of carbonyl (C=O) groups excluding carboxylic acids is 1. The first-order valence-corrected chi connectivity index (χ1v) is 9.75. The molecule has 1 amide bonds. The fourth-order valence-electron chi connectivity index (χ4n) is 2.77. The van der Waals surface area contributed by atoms with Crippen molar-refractivity contribution in [2.75, 3.05) is 5.32 Å². The Hall–Kier alpha value is -3.09. The molecule has 0 unspecified atom stereocenters. The van der Waals surface area contributed by atoms with Crippen LogP contribution in [0.4, 0.5) is 5.69 Å². The van der Waals surface area contributed by atoms with E-state index in [1.54, 1.807) is 42.2 Å². The van der Waals surface area contributed by atoms with Gasteiger partial charge in [-0.25, -0.2) is 4.98 Å². The summed E-state index contributed by atoms with van der Waals surface area (Å²) < 4.78 is 0. The van der Waals surface area contributed by atoms with E-state index in [1.165, 1.54) is 0 Å². The van der Waals surface area contributed by atoms with Crippen LogP contribution in [0.15, 0.2) is 66.6 Å². The lowest BCUT2D eigenvalue weighted by Gasteiger charge is -2.09. The number of aromatic nitrogens is 3. The molecule has 0 aliphatic rings. The van der Waals surface area contributed by atoms with Crippen molar-refractivity contribution in [2.24, 2.45) is 0 Å². The van der Waals surface area contributed by atoms with Crippen LogP contribution in [0.1, 0.15) is 15.9 Å². The lowest BCUT2D eigenvalue weighted by Crippen LogP contribution is -2.13. The van der Waals surface area contributed by atoms with E-state index >= 15 is 0 Å². The Balaban J connectivity index is 1.58. The molecule has 0 fully saturated rings. The molecule has 0 saturated carbocycles. The molecular weight excluding hydrogens is 392 g/mol. The second kappa shape index (κ2) is 7.88. The lowest BCUT2D eigenvalue weighted by molar-refractivity contribution is 0.102. The molecule has 0 spiro atoms. The zero-order chi connectivity index (χ0) is 19.5. The van der Waals surface area contributed by atoms with Gasteiger partial charge in [-0.2, -0.15) is 0 Å². The minimum Gasteiger partial charge on any atom is -0.321 e. The predicted molar refractivity (Wildman–Crippen MR) is 113 cm³/mol. The van der Waals surface area contributed by atoms with E-state index in [0.29, 0.717) is 16.3 Å². The number of nitrogens with zero attached hydrogens (tertiary/aromatic N) is 3. The van der Waals surface area contributed by atoms with E-state index in [-0.39, 0.29) is 5.91 Å². The van der Waals surface area contributed by atoms with Crippen molar-refractivity contribution in [3.63, 3.8) is 0 Å². The van der Waals surface area contributed by atoms with E-state index < -0.39 is 0 Å². The fraction of sp³-hybridized carbons (Fsp3) is 0.0476. The summed E-state index contributed by atoms with van der Waals surface area (Å²) >= 11 is 7.95. The number of nitrogens with one attached hydrogen (secondary N) is 1. The van der Waals surface area contributed by atoms with E-state index in [0.717, 1.165) is 27.4 Å². The summed E-state index contributed by atoms with van der Waals surface area (Å²) in [5.41, 5.74) is 4.53. The number of pyridine rings is 2. The quantitative estimate of drug-likeness (QED) is 0.487. The lowest BCUT2D eigenvalue weighted by atomic mass is 10.1. The van der Waals surface area contributed by atoms with Gasteiger partial charge >= 0.3 is 0 Å². The second-order valence-electron chi connectivity index (χ2n) is 6.11. The van der Waals surface area contributed by atoms with E-state index in [1.807, 2.05) is 42.6 Å². The molecule has 1 N–H and O–H groups in total. The van der Waals surface area contributed by atoms with Crippen molar-refractivity contribution in [3.8, 4) is 21.8 Å². The number of rotatable bonds is 4.